The normalized spacial score (nSPS) is 13.7. The summed E-state index contributed by atoms with van der Waals surface area (Å²) in [4.78, 5) is 40.3. The highest BCUT2D eigenvalue weighted by Gasteiger charge is 2.25. The zero-order valence-corrected chi connectivity index (χ0v) is 13.9. The lowest BCUT2D eigenvalue weighted by Crippen LogP contribution is -2.49. The second-order valence-corrected chi connectivity index (χ2v) is 6.17. The molecule has 0 saturated heterocycles. The molecule has 0 bridgehead atoms. The van der Waals surface area contributed by atoms with Crippen LogP contribution in [0.25, 0.3) is 10.9 Å². The topological polar surface area (TPSA) is 104 Å². The Morgan fingerprint density at radius 1 is 1.25 bits per heavy atom. The number of nitrogens with zero attached hydrogens (tertiary/aromatic N) is 2. The maximum Gasteiger partial charge on any atom is 0.261 e. The number of hydrogen-bond donors (Lipinski definition) is 1. The van der Waals surface area contributed by atoms with Crippen LogP contribution in [0.15, 0.2) is 35.4 Å². The molecule has 7 nitrogen and oxygen atoms in total. The molecule has 7 heteroatoms. The highest BCUT2D eigenvalue weighted by Crippen LogP contribution is 2.17. The number of carbonyl (C=O) groups is 2. The minimum Gasteiger partial charge on any atom is -0.548 e. The van der Waals surface area contributed by atoms with Crippen LogP contribution in [0.1, 0.15) is 33.2 Å². The molecular formula is C17H20N3O4-. The second kappa shape index (κ2) is 7.25. The Hall–Kier alpha value is -2.70. The van der Waals surface area contributed by atoms with Crippen LogP contribution in [0.3, 0.4) is 0 Å². The van der Waals surface area contributed by atoms with Crippen LogP contribution in [-0.4, -0.2) is 27.5 Å². The first-order valence-electron chi connectivity index (χ1n) is 7.78. The molecule has 2 atom stereocenters. The van der Waals surface area contributed by atoms with E-state index in [1.54, 1.807) is 24.3 Å². The predicted molar refractivity (Wildman–Crippen MR) is 87.1 cm³/mol. The van der Waals surface area contributed by atoms with Crippen LogP contribution in [0.4, 0.5) is 0 Å². The van der Waals surface area contributed by atoms with Gasteiger partial charge in [-0.3, -0.25) is 14.2 Å². The van der Waals surface area contributed by atoms with E-state index in [1.165, 1.54) is 17.8 Å². The van der Waals surface area contributed by atoms with Crippen LogP contribution in [0.5, 0.6) is 0 Å². The molecule has 24 heavy (non-hydrogen) atoms. The maximum absolute atomic E-state index is 12.7. The number of para-hydroxylation sites is 1. The number of carbonyl (C=O) groups excluding carboxylic acids is 2. The van der Waals surface area contributed by atoms with Gasteiger partial charge in [-0.15, -0.1) is 0 Å². The van der Waals surface area contributed by atoms with Crippen molar-refractivity contribution in [1.82, 2.24) is 14.9 Å². The number of benzene rings is 1. The van der Waals surface area contributed by atoms with E-state index in [-0.39, 0.29) is 11.5 Å². The largest absolute Gasteiger partial charge is 0.548 e. The highest BCUT2D eigenvalue weighted by atomic mass is 16.4. The Morgan fingerprint density at radius 2 is 1.92 bits per heavy atom. The zero-order valence-electron chi connectivity index (χ0n) is 13.9. The molecule has 0 radical (unpaired) electrons. The van der Waals surface area contributed by atoms with Gasteiger partial charge < -0.3 is 15.2 Å². The van der Waals surface area contributed by atoms with E-state index in [1.807, 2.05) is 13.8 Å². The molecule has 0 saturated carbocycles. The van der Waals surface area contributed by atoms with Crippen LogP contribution < -0.4 is 16.0 Å². The van der Waals surface area contributed by atoms with E-state index < -0.39 is 24.0 Å². The third-order valence-corrected chi connectivity index (χ3v) is 3.74. The molecule has 2 aromatic rings. The number of aromatic nitrogens is 2. The summed E-state index contributed by atoms with van der Waals surface area (Å²) < 4.78 is 1.26. The van der Waals surface area contributed by atoms with Crippen molar-refractivity contribution < 1.29 is 14.7 Å². The fourth-order valence-electron chi connectivity index (χ4n) is 2.47. The van der Waals surface area contributed by atoms with Crippen molar-refractivity contribution in [1.29, 1.82) is 0 Å². The molecule has 1 aromatic heterocycles. The first kappa shape index (κ1) is 17.7. The fourth-order valence-corrected chi connectivity index (χ4v) is 2.47. The lowest BCUT2D eigenvalue weighted by Gasteiger charge is -2.23. The third kappa shape index (κ3) is 3.79. The number of rotatable bonds is 6. The Morgan fingerprint density at radius 3 is 2.54 bits per heavy atom. The Balaban J connectivity index is 2.44. The smallest absolute Gasteiger partial charge is 0.261 e. The quantitative estimate of drug-likeness (QED) is 0.817. The fraction of sp³-hybridized carbons (Fsp3) is 0.412. The van der Waals surface area contributed by atoms with Gasteiger partial charge >= 0.3 is 0 Å². The van der Waals surface area contributed by atoms with Crippen molar-refractivity contribution in [2.45, 2.75) is 39.3 Å². The van der Waals surface area contributed by atoms with E-state index in [2.05, 4.69) is 10.3 Å². The molecule has 1 aromatic carbocycles. The number of carboxylic acid groups (broad SMARTS) is 1. The second-order valence-electron chi connectivity index (χ2n) is 6.17. The van der Waals surface area contributed by atoms with Crippen LogP contribution >= 0.6 is 0 Å². The van der Waals surface area contributed by atoms with Crippen molar-refractivity contribution in [2.75, 3.05) is 0 Å². The van der Waals surface area contributed by atoms with Gasteiger partial charge in [-0.05, 0) is 31.4 Å². The van der Waals surface area contributed by atoms with Gasteiger partial charge in [0.2, 0.25) is 5.91 Å². The summed E-state index contributed by atoms with van der Waals surface area (Å²) in [6.07, 6.45) is 1.71. The first-order valence-corrected chi connectivity index (χ1v) is 7.78. The van der Waals surface area contributed by atoms with Gasteiger partial charge in [-0.2, -0.15) is 0 Å². The van der Waals surface area contributed by atoms with Gasteiger partial charge in [0.25, 0.3) is 5.56 Å². The molecule has 0 aliphatic rings. The highest BCUT2D eigenvalue weighted by molar-refractivity contribution is 5.85. The maximum atomic E-state index is 12.7. The number of carboxylic acids is 1. The minimum absolute atomic E-state index is 0.123. The van der Waals surface area contributed by atoms with E-state index in [0.29, 0.717) is 17.3 Å². The minimum atomic E-state index is -1.38. The van der Waals surface area contributed by atoms with Crippen molar-refractivity contribution in [2.24, 2.45) is 5.92 Å². The molecule has 0 spiro atoms. The van der Waals surface area contributed by atoms with Crippen molar-refractivity contribution in [3.05, 3.63) is 40.9 Å². The third-order valence-electron chi connectivity index (χ3n) is 3.74. The van der Waals surface area contributed by atoms with E-state index >= 15 is 0 Å². The van der Waals surface area contributed by atoms with Crippen LogP contribution in [-0.2, 0) is 9.59 Å². The monoisotopic (exact) mass is 330 g/mol. The van der Waals surface area contributed by atoms with E-state index in [4.69, 9.17) is 0 Å². The van der Waals surface area contributed by atoms with Gasteiger partial charge in [-0.25, -0.2) is 4.98 Å². The van der Waals surface area contributed by atoms with Crippen molar-refractivity contribution in [3.8, 4) is 0 Å². The molecule has 0 unspecified atom stereocenters. The first-order chi connectivity index (χ1) is 11.3. The number of nitrogens with one attached hydrogen (secondary N) is 1. The predicted octanol–water partition coefficient (Wildman–Crippen LogP) is 0.238. The molecule has 128 valence electrons. The molecule has 2 rings (SSSR count). The molecule has 1 heterocycles. The van der Waals surface area contributed by atoms with E-state index in [9.17, 15) is 19.5 Å². The molecular weight excluding hydrogens is 310 g/mol. The summed E-state index contributed by atoms with van der Waals surface area (Å²) in [5.74, 6) is -1.80. The SMILES string of the molecule is CC(C)C[C@H](C(=O)N[C@@H](C)C(=O)[O-])n1cnc2ccccc2c1=O. The number of hydrogen-bond acceptors (Lipinski definition) is 5. The molecule has 1 amide bonds. The van der Waals surface area contributed by atoms with Crippen LogP contribution in [0.2, 0.25) is 0 Å². The lowest BCUT2D eigenvalue weighted by molar-refractivity contribution is -0.307. The average Bonchev–Trinajstić information content (AvgIpc) is 2.53. The van der Waals surface area contributed by atoms with Gasteiger partial charge in [0.05, 0.1) is 29.2 Å². The van der Waals surface area contributed by atoms with Gasteiger partial charge in [0, 0.05) is 0 Å². The number of aliphatic carboxylic acids is 1. The average molecular weight is 330 g/mol. The Bertz CT molecular complexity index is 813. The molecule has 0 fully saturated rings. The summed E-state index contributed by atoms with van der Waals surface area (Å²) in [5.41, 5.74) is 0.216. The molecule has 1 N–H and O–H groups in total. The summed E-state index contributed by atoms with van der Waals surface area (Å²) >= 11 is 0. The van der Waals surface area contributed by atoms with E-state index in [0.717, 1.165) is 0 Å². The van der Waals surface area contributed by atoms with Gasteiger partial charge in [0.1, 0.15) is 6.04 Å². The zero-order chi connectivity index (χ0) is 17.9. The number of fused-ring (bicyclic) bond motifs is 1. The standard InChI is InChI=1S/C17H21N3O4/c1-10(2)8-14(15(21)19-11(3)17(23)24)20-9-18-13-7-5-4-6-12(13)16(20)22/h4-7,9-11,14H,8H2,1-3H3,(H,19,21)(H,23,24)/p-1/t11-,14+/m0/s1. The van der Waals surface area contributed by atoms with Crippen LogP contribution in [0, 0.1) is 5.92 Å². The Labute approximate surface area is 139 Å². The summed E-state index contributed by atoms with van der Waals surface area (Å²) in [6.45, 7) is 5.16. The number of amides is 1. The molecule has 0 aliphatic heterocycles. The van der Waals surface area contributed by atoms with Crippen molar-refractivity contribution in [3.63, 3.8) is 0 Å². The Kier molecular flexibility index (Phi) is 5.33. The van der Waals surface area contributed by atoms with Gasteiger partial charge in [0.15, 0.2) is 0 Å². The summed E-state index contributed by atoms with van der Waals surface area (Å²) in [5, 5.41) is 13.6. The molecule has 0 aliphatic carbocycles. The lowest BCUT2D eigenvalue weighted by atomic mass is 10.0. The van der Waals surface area contributed by atoms with Crippen molar-refractivity contribution >= 4 is 22.8 Å². The van der Waals surface area contributed by atoms with Gasteiger partial charge in [-0.1, -0.05) is 26.0 Å². The summed E-state index contributed by atoms with van der Waals surface area (Å²) in [7, 11) is 0. The summed E-state index contributed by atoms with van der Waals surface area (Å²) in [6, 6.07) is 4.89.